The SMILES string of the molecule is O=C(COc1ccc(C=NO)cc1)Nc1ccc(F)cc1. The molecule has 0 heterocycles. The number of carbonyl (C=O) groups excluding carboxylic acids is 1. The third-order valence-corrected chi connectivity index (χ3v) is 2.58. The molecule has 0 aliphatic rings. The van der Waals surface area contributed by atoms with Gasteiger partial charge < -0.3 is 15.3 Å². The maximum Gasteiger partial charge on any atom is 0.262 e. The lowest BCUT2D eigenvalue weighted by Crippen LogP contribution is -2.20. The first-order valence-electron chi connectivity index (χ1n) is 6.13. The van der Waals surface area contributed by atoms with E-state index in [4.69, 9.17) is 9.94 Å². The summed E-state index contributed by atoms with van der Waals surface area (Å²) < 4.78 is 18.0. The number of hydrogen-bond donors (Lipinski definition) is 2. The Balaban J connectivity index is 1.84. The van der Waals surface area contributed by atoms with Gasteiger partial charge in [-0.15, -0.1) is 0 Å². The number of nitrogens with one attached hydrogen (secondary N) is 1. The second-order valence-electron chi connectivity index (χ2n) is 4.16. The molecule has 1 amide bonds. The van der Waals surface area contributed by atoms with E-state index in [-0.39, 0.29) is 18.3 Å². The number of oxime groups is 1. The number of ether oxygens (including phenoxy) is 1. The molecule has 2 aromatic carbocycles. The van der Waals surface area contributed by atoms with Gasteiger partial charge >= 0.3 is 0 Å². The lowest BCUT2D eigenvalue weighted by atomic mass is 10.2. The van der Waals surface area contributed by atoms with Gasteiger partial charge in [0.15, 0.2) is 6.61 Å². The van der Waals surface area contributed by atoms with Crippen molar-refractivity contribution in [3.05, 3.63) is 59.9 Å². The Morgan fingerprint density at radius 1 is 1.19 bits per heavy atom. The Bertz CT molecular complexity index is 624. The average Bonchev–Trinajstić information content (AvgIpc) is 2.49. The van der Waals surface area contributed by atoms with E-state index in [1.165, 1.54) is 30.5 Å². The molecule has 0 unspecified atom stereocenters. The monoisotopic (exact) mass is 288 g/mol. The molecule has 0 aliphatic heterocycles. The largest absolute Gasteiger partial charge is 0.484 e. The fourth-order valence-corrected chi connectivity index (χ4v) is 1.60. The normalized spacial score (nSPS) is 10.5. The Morgan fingerprint density at radius 2 is 1.86 bits per heavy atom. The van der Waals surface area contributed by atoms with Crippen molar-refractivity contribution in [3.63, 3.8) is 0 Å². The number of amides is 1. The minimum atomic E-state index is -0.365. The summed E-state index contributed by atoms with van der Waals surface area (Å²) in [6, 6.07) is 12.1. The predicted molar refractivity (Wildman–Crippen MR) is 76.3 cm³/mol. The molecule has 0 bridgehead atoms. The molecule has 108 valence electrons. The third-order valence-electron chi connectivity index (χ3n) is 2.58. The average molecular weight is 288 g/mol. The van der Waals surface area contributed by atoms with Crippen LogP contribution in [0.5, 0.6) is 5.75 Å². The van der Waals surface area contributed by atoms with Crippen LogP contribution in [0.15, 0.2) is 53.7 Å². The summed E-state index contributed by atoms with van der Waals surface area (Å²) in [4.78, 5) is 11.7. The topological polar surface area (TPSA) is 70.9 Å². The van der Waals surface area contributed by atoms with Crippen LogP contribution in [0.1, 0.15) is 5.56 Å². The number of hydrogen-bond acceptors (Lipinski definition) is 4. The summed E-state index contributed by atoms with van der Waals surface area (Å²) in [5.74, 6) is -0.197. The van der Waals surface area contributed by atoms with Gasteiger partial charge in [-0.1, -0.05) is 5.16 Å². The van der Waals surface area contributed by atoms with Gasteiger partial charge in [0.05, 0.1) is 6.21 Å². The molecule has 0 saturated carbocycles. The van der Waals surface area contributed by atoms with Gasteiger partial charge in [-0.2, -0.15) is 0 Å². The summed E-state index contributed by atoms with van der Waals surface area (Å²) in [6.07, 6.45) is 1.28. The standard InChI is InChI=1S/C15H13FN2O3/c16-12-3-5-13(6-4-12)18-15(19)10-21-14-7-1-11(2-8-14)9-17-20/h1-9,20H,10H2,(H,18,19). The molecule has 2 N–H and O–H groups in total. The lowest BCUT2D eigenvalue weighted by molar-refractivity contribution is -0.118. The number of benzene rings is 2. The van der Waals surface area contributed by atoms with Gasteiger partial charge in [-0.25, -0.2) is 4.39 Å². The van der Waals surface area contributed by atoms with E-state index < -0.39 is 0 Å². The van der Waals surface area contributed by atoms with Gasteiger partial charge in [0.2, 0.25) is 0 Å². The van der Waals surface area contributed by atoms with Crippen LogP contribution in [0.2, 0.25) is 0 Å². The van der Waals surface area contributed by atoms with Crippen molar-refractivity contribution in [1.82, 2.24) is 0 Å². The molecule has 0 spiro atoms. The second-order valence-corrected chi connectivity index (χ2v) is 4.16. The maximum absolute atomic E-state index is 12.7. The number of anilines is 1. The van der Waals surface area contributed by atoms with Crippen molar-refractivity contribution in [3.8, 4) is 5.75 Å². The maximum atomic E-state index is 12.7. The molecule has 0 aliphatic carbocycles. The third kappa shape index (κ3) is 4.61. The highest BCUT2D eigenvalue weighted by Crippen LogP contribution is 2.12. The van der Waals surface area contributed by atoms with E-state index in [1.807, 2.05) is 0 Å². The highest BCUT2D eigenvalue weighted by atomic mass is 19.1. The van der Waals surface area contributed by atoms with E-state index in [9.17, 15) is 9.18 Å². The van der Waals surface area contributed by atoms with Gasteiger partial charge in [0.25, 0.3) is 5.91 Å². The summed E-state index contributed by atoms with van der Waals surface area (Å²) in [7, 11) is 0. The summed E-state index contributed by atoms with van der Waals surface area (Å²) in [5, 5.41) is 13.9. The number of carbonyl (C=O) groups is 1. The van der Waals surface area contributed by atoms with Crippen LogP contribution in [-0.4, -0.2) is 23.9 Å². The number of rotatable bonds is 5. The number of halogens is 1. The Labute approximate surface area is 120 Å². The van der Waals surface area contributed by atoms with Crippen LogP contribution in [0.3, 0.4) is 0 Å². The highest BCUT2D eigenvalue weighted by Gasteiger charge is 2.04. The van der Waals surface area contributed by atoms with E-state index in [0.717, 1.165) is 0 Å². The van der Waals surface area contributed by atoms with Crippen molar-refractivity contribution >= 4 is 17.8 Å². The zero-order chi connectivity index (χ0) is 15.1. The van der Waals surface area contributed by atoms with Crippen LogP contribution >= 0.6 is 0 Å². The fraction of sp³-hybridized carbons (Fsp3) is 0.0667. The molecular formula is C15H13FN2O3. The molecule has 5 nitrogen and oxygen atoms in total. The lowest BCUT2D eigenvalue weighted by Gasteiger charge is -2.07. The smallest absolute Gasteiger partial charge is 0.262 e. The Hall–Kier alpha value is -2.89. The van der Waals surface area contributed by atoms with Crippen LogP contribution < -0.4 is 10.1 Å². The zero-order valence-electron chi connectivity index (χ0n) is 11.0. The molecule has 21 heavy (non-hydrogen) atoms. The molecule has 0 fully saturated rings. The first-order chi connectivity index (χ1) is 10.2. The minimum Gasteiger partial charge on any atom is -0.484 e. The molecule has 0 saturated heterocycles. The quantitative estimate of drug-likeness (QED) is 0.505. The molecule has 2 rings (SSSR count). The summed E-state index contributed by atoms with van der Waals surface area (Å²) in [5.41, 5.74) is 1.21. The zero-order valence-corrected chi connectivity index (χ0v) is 11.0. The molecule has 0 aromatic heterocycles. The Kier molecular flexibility index (Phi) is 4.87. The summed E-state index contributed by atoms with van der Waals surface area (Å²) in [6.45, 7) is -0.162. The van der Waals surface area contributed by atoms with Crippen molar-refractivity contribution in [2.45, 2.75) is 0 Å². The fourth-order valence-electron chi connectivity index (χ4n) is 1.60. The predicted octanol–water partition coefficient (Wildman–Crippen LogP) is 2.65. The highest BCUT2D eigenvalue weighted by molar-refractivity contribution is 5.91. The number of nitrogens with zero attached hydrogens (tertiary/aromatic N) is 1. The van der Waals surface area contributed by atoms with Gasteiger partial charge in [0.1, 0.15) is 11.6 Å². The van der Waals surface area contributed by atoms with Crippen LogP contribution in [0, 0.1) is 5.82 Å². The Morgan fingerprint density at radius 3 is 2.48 bits per heavy atom. The van der Waals surface area contributed by atoms with Crippen molar-refractivity contribution in [2.24, 2.45) is 5.16 Å². The van der Waals surface area contributed by atoms with Crippen molar-refractivity contribution in [2.75, 3.05) is 11.9 Å². The first-order valence-corrected chi connectivity index (χ1v) is 6.13. The van der Waals surface area contributed by atoms with Crippen molar-refractivity contribution in [1.29, 1.82) is 0 Å². The molecular weight excluding hydrogens is 275 g/mol. The minimum absolute atomic E-state index is 0.162. The van der Waals surface area contributed by atoms with E-state index in [2.05, 4.69) is 10.5 Å². The van der Waals surface area contributed by atoms with Crippen LogP contribution in [0.25, 0.3) is 0 Å². The first kappa shape index (κ1) is 14.5. The molecule has 0 radical (unpaired) electrons. The van der Waals surface area contributed by atoms with Crippen LogP contribution in [-0.2, 0) is 4.79 Å². The summed E-state index contributed by atoms with van der Waals surface area (Å²) >= 11 is 0. The van der Waals surface area contributed by atoms with E-state index in [1.54, 1.807) is 24.3 Å². The van der Waals surface area contributed by atoms with Gasteiger partial charge in [0, 0.05) is 5.69 Å². The van der Waals surface area contributed by atoms with E-state index >= 15 is 0 Å². The second kappa shape index (κ2) is 7.04. The van der Waals surface area contributed by atoms with Crippen molar-refractivity contribution < 1.29 is 19.1 Å². The molecule has 0 atom stereocenters. The van der Waals surface area contributed by atoms with Crippen LogP contribution in [0.4, 0.5) is 10.1 Å². The molecule has 6 heteroatoms. The molecule has 2 aromatic rings. The van der Waals surface area contributed by atoms with Gasteiger partial charge in [-0.05, 0) is 54.1 Å². The van der Waals surface area contributed by atoms with Gasteiger partial charge in [-0.3, -0.25) is 4.79 Å². The van der Waals surface area contributed by atoms with E-state index in [0.29, 0.717) is 17.0 Å².